The Morgan fingerprint density at radius 3 is 2.74 bits per heavy atom. The fourth-order valence-electron chi connectivity index (χ4n) is 1.96. The molecule has 2 rings (SSSR count). The number of benzene rings is 1. The van der Waals surface area contributed by atoms with Crippen LogP contribution in [-0.4, -0.2) is 18.5 Å². The van der Waals surface area contributed by atoms with E-state index in [9.17, 15) is 18.0 Å². The zero-order valence-electron chi connectivity index (χ0n) is 9.85. The lowest BCUT2D eigenvalue weighted by molar-refractivity contribution is -0.137. The van der Waals surface area contributed by atoms with Gasteiger partial charge in [0, 0.05) is 5.69 Å². The zero-order valence-corrected chi connectivity index (χ0v) is 10.6. The van der Waals surface area contributed by atoms with E-state index in [1.54, 1.807) is 0 Å². The largest absolute Gasteiger partial charge is 0.417 e. The van der Waals surface area contributed by atoms with Crippen molar-refractivity contribution in [2.24, 2.45) is 0 Å². The molecule has 0 bridgehead atoms. The van der Waals surface area contributed by atoms with E-state index in [0.717, 1.165) is 25.1 Å². The predicted octanol–water partition coefficient (Wildman–Crippen LogP) is 3.05. The van der Waals surface area contributed by atoms with Gasteiger partial charge in [-0.3, -0.25) is 4.79 Å². The van der Waals surface area contributed by atoms with Gasteiger partial charge in [-0.2, -0.15) is 13.2 Å². The van der Waals surface area contributed by atoms with E-state index in [1.807, 2.05) is 0 Å². The van der Waals surface area contributed by atoms with Crippen molar-refractivity contribution in [2.75, 3.05) is 11.9 Å². The molecule has 3 nitrogen and oxygen atoms in total. The van der Waals surface area contributed by atoms with Gasteiger partial charge in [-0.05, 0) is 37.6 Å². The Morgan fingerprint density at radius 2 is 2.16 bits per heavy atom. The minimum absolute atomic E-state index is 0.0930. The molecule has 1 unspecified atom stereocenters. The Balaban J connectivity index is 2.15. The fraction of sp³-hybridized carbons (Fsp3) is 0.417. The van der Waals surface area contributed by atoms with Crippen LogP contribution in [0.3, 0.4) is 0 Å². The molecule has 0 radical (unpaired) electrons. The van der Waals surface area contributed by atoms with E-state index in [-0.39, 0.29) is 22.7 Å². The number of carbonyl (C=O) groups excluding carboxylic acids is 1. The fourth-order valence-corrected chi connectivity index (χ4v) is 2.18. The highest BCUT2D eigenvalue weighted by molar-refractivity contribution is 6.31. The molecule has 1 aliphatic rings. The zero-order chi connectivity index (χ0) is 14.0. The van der Waals surface area contributed by atoms with Gasteiger partial charge in [0.1, 0.15) is 0 Å². The van der Waals surface area contributed by atoms with Crippen molar-refractivity contribution in [1.82, 2.24) is 5.32 Å². The molecule has 1 heterocycles. The molecule has 7 heteroatoms. The first-order valence-corrected chi connectivity index (χ1v) is 6.17. The summed E-state index contributed by atoms with van der Waals surface area (Å²) in [6, 6.07) is 2.98. The highest BCUT2D eigenvalue weighted by Gasteiger charge is 2.33. The van der Waals surface area contributed by atoms with Crippen LogP contribution >= 0.6 is 11.6 Å². The smallest absolute Gasteiger partial charge is 0.325 e. The molecule has 1 aromatic carbocycles. The maximum absolute atomic E-state index is 12.7. The molecule has 1 aromatic rings. The van der Waals surface area contributed by atoms with E-state index in [2.05, 4.69) is 10.6 Å². The minimum Gasteiger partial charge on any atom is -0.325 e. The van der Waals surface area contributed by atoms with Crippen LogP contribution in [0.25, 0.3) is 0 Å². The third-order valence-corrected chi connectivity index (χ3v) is 3.25. The van der Waals surface area contributed by atoms with Crippen LogP contribution in [0.1, 0.15) is 18.4 Å². The Bertz CT molecular complexity index is 484. The maximum atomic E-state index is 12.7. The second kappa shape index (κ2) is 5.38. The summed E-state index contributed by atoms with van der Waals surface area (Å²) in [6.07, 6.45) is -2.97. The van der Waals surface area contributed by atoms with Gasteiger partial charge in [0.25, 0.3) is 0 Å². The summed E-state index contributed by atoms with van der Waals surface area (Å²) in [5, 5.41) is 5.05. The number of hydrogen-bond donors (Lipinski definition) is 2. The van der Waals surface area contributed by atoms with Crippen LogP contribution in [0, 0.1) is 0 Å². The summed E-state index contributed by atoms with van der Waals surface area (Å²) in [6.45, 7) is 0.743. The van der Waals surface area contributed by atoms with E-state index in [1.165, 1.54) is 6.07 Å². The van der Waals surface area contributed by atoms with Gasteiger partial charge in [0.2, 0.25) is 5.91 Å². The standard InChI is InChI=1S/C12H12ClF3N2O/c13-9-4-3-7(6-8(9)12(14,15)16)18-11(19)10-2-1-5-17-10/h3-4,6,10,17H,1-2,5H2,(H,18,19). The van der Waals surface area contributed by atoms with Crippen molar-refractivity contribution in [3.8, 4) is 0 Å². The number of amides is 1. The molecule has 0 aliphatic carbocycles. The molecule has 1 amide bonds. The second-order valence-corrected chi connectivity index (χ2v) is 4.74. The molecule has 0 aromatic heterocycles. The van der Waals surface area contributed by atoms with Crippen LogP contribution in [0.5, 0.6) is 0 Å². The molecule has 2 N–H and O–H groups in total. The molecule has 104 valence electrons. The van der Waals surface area contributed by atoms with Gasteiger partial charge in [-0.1, -0.05) is 11.6 Å². The number of hydrogen-bond acceptors (Lipinski definition) is 2. The summed E-state index contributed by atoms with van der Waals surface area (Å²) in [5.74, 6) is -0.326. The molecule has 1 fully saturated rings. The Morgan fingerprint density at radius 1 is 1.42 bits per heavy atom. The summed E-state index contributed by atoms with van der Waals surface area (Å²) >= 11 is 5.50. The monoisotopic (exact) mass is 292 g/mol. The van der Waals surface area contributed by atoms with Crippen molar-refractivity contribution in [2.45, 2.75) is 25.1 Å². The van der Waals surface area contributed by atoms with Crippen LogP contribution in [0.2, 0.25) is 5.02 Å². The second-order valence-electron chi connectivity index (χ2n) is 4.33. The number of rotatable bonds is 2. The maximum Gasteiger partial charge on any atom is 0.417 e. The van der Waals surface area contributed by atoms with E-state index >= 15 is 0 Å². The van der Waals surface area contributed by atoms with Crippen molar-refractivity contribution in [3.05, 3.63) is 28.8 Å². The third-order valence-electron chi connectivity index (χ3n) is 2.92. The molecular formula is C12H12ClF3N2O. The van der Waals surface area contributed by atoms with Crippen molar-refractivity contribution in [1.29, 1.82) is 0 Å². The normalized spacial score (nSPS) is 19.5. The van der Waals surface area contributed by atoms with Crippen LogP contribution in [-0.2, 0) is 11.0 Å². The first-order valence-electron chi connectivity index (χ1n) is 5.79. The number of halogens is 4. The van der Waals surface area contributed by atoms with Crippen LogP contribution in [0.4, 0.5) is 18.9 Å². The Kier molecular flexibility index (Phi) is 4.01. The van der Waals surface area contributed by atoms with E-state index in [0.29, 0.717) is 6.42 Å². The minimum atomic E-state index is -4.54. The number of alkyl halides is 3. The van der Waals surface area contributed by atoms with Gasteiger partial charge in [0.05, 0.1) is 16.6 Å². The SMILES string of the molecule is O=C(Nc1ccc(Cl)c(C(F)(F)F)c1)C1CCCN1. The predicted molar refractivity (Wildman–Crippen MR) is 66.1 cm³/mol. The lowest BCUT2D eigenvalue weighted by atomic mass is 10.1. The van der Waals surface area contributed by atoms with Crippen molar-refractivity contribution < 1.29 is 18.0 Å². The average Bonchev–Trinajstić information content (AvgIpc) is 2.83. The highest BCUT2D eigenvalue weighted by atomic mass is 35.5. The topological polar surface area (TPSA) is 41.1 Å². The molecule has 0 saturated carbocycles. The quantitative estimate of drug-likeness (QED) is 0.879. The summed E-state index contributed by atoms with van der Waals surface area (Å²) in [5.41, 5.74) is -0.859. The van der Waals surface area contributed by atoms with Gasteiger partial charge in [-0.15, -0.1) is 0 Å². The van der Waals surface area contributed by atoms with Gasteiger partial charge in [0.15, 0.2) is 0 Å². The molecule has 1 saturated heterocycles. The highest BCUT2D eigenvalue weighted by Crippen LogP contribution is 2.36. The summed E-state index contributed by atoms with van der Waals surface area (Å²) in [7, 11) is 0. The first-order chi connectivity index (χ1) is 8.88. The lowest BCUT2D eigenvalue weighted by Crippen LogP contribution is -2.35. The van der Waals surface area contributed by atoms with Crippen LogP contribution < -0.4 is 10.6 Å². The lowest BCUT2D eigenvalue weighted by Gasteiger charge is -2.14. The van der Waals surface area contributed by atoms with Gasteiger partial charge in [-0.25, -0.2) is 0 Å². The molecule has 1 aliphatic heterocycles. The molecule has 1 atom stereocenters. The molecule has 19 heavy (non-hydrogen) atoms. The Hall–Kier alpha value is -1.27. The van der Waals surface area contributed by atoms with Gasteiger partial charge < -0.3 is 10.6 Å². The number of carbonyl (C=O) groups is 1. The van der Waals surface area contributed by atoms with Crippen LogP contribution in [0.15, 0.2) is 18.2 Å². The average molecular weight is 293 g/mol. The van der Waals surface area contributed by atoms with E-state index in [4.69, 9.17) is 11.6 Å². The van der Waals surface area contributed by atoms with E-state index < -0.39 is 11.7 Å². The van der Waals surface area contributed by atoms with Gasteiger partial charge >= 0.3 is 6.18 Å². The molecule has 0 spiro atoms. The third kappa shape index (κ3) is 3.39. The van der Waals surface area contributed by atoms with Crippen molar-refractivity contribution in [3.63, 3.8) is 0 Å². The summed E-state index contributed by atoms with van der Waals surface area (Å²) < 4.78 is 38.0. The number of nitrogens with one attached hydrogen (secondary N) is 2. The molecular weight excluding hydrogens is 281 g/mol. The first kappa shape index (κ1) is 14.1. The Labute approximate surface area is 113 Å². The summed E-state index contributed by atoms with van der Waals surface area (Å²) in [4.78, 5) is 11.8. The number of anilines is 1. The van der Waals surface area contributed by atoms with Crippen molar-refractivity contribution >= 4 is 23.2 Å².